The van der Waals surface area contributed by atoms with Crippen LogP contribution in [0.25, 0.3) is 0 Å². The maximum atomic E-state index is 13.2. The number of aromatic nitrogens is 2. The summed E-state index contributed by atoms with van der Waals surface area (Å²) < 4.78 is 1.59. The molecule has 0 aliphatic carbocycles. The SMILES string of the molecule is CC(=N)C(Cn1cc(N2C(=O)N(Cc3ccc(C(=O)O)cc3)C(C)(C)C2=O)cn1)=C(C)P. The second-order valence-electron chi connectivity index (χ2n) is 8.25. The van der Waals surface area contributed by atoms with Crippen LogP contribution in [0.1, 0.15) is 43.6 Å². The van der Waals surface area contributed by atoms with Crippen molar-refractivity contribution >= 4 is 38.5 Å². The number of urea groups is 1. The first-order chi connectivity index (χ1) is 14.9. The molecule has 2 heterocycles. The molecule has 1 atom stereocenters. The molecule has 1 aliphatic rings. The second kappa shape index (κ2) is 8.67. The van der Waals surface area contributed by atoms with E-state index in [9.17, 15) is 14.4 Å². The van der Waals surface area contributed by atoms with Gasteiger partial charge in [-0.05, 0) is 56.3 Å². The van der Waals surface area contributed by atoms with Crippen molar-refractivity contribution in [1.29, 1.82) is 5.41 Å². The van der Waals surface area contributed by atoms with Gasteiger partial charge in [0, 0.05) is 18.5 Å². The summed E-state index contributed by atoms with van der Waals surface area (Å²) in [5.41, 5.74) is 1.37. The third-order valence-electron chi connectivity index (χ3n) is 5.49. The fraction of sp³-hybridized carbons (Fsp3) is 0.318. The van der Waals surface area contributed by atoms with Crippen molar-refractivity contribution in [2.24, 2.45) is 0 Å². The molecule has 9 nitrogen and oxygen atoms in total. The van der Waals surface area contributed by atoms with Crippen LogP contribution in [-0.4, -0.2) is 48.9 Å². The van der Waals surface area contributed by atoms with Crippen molar-refractivity contribution in [2.75, 3.05) is 4.90 Å². The number of aromatic carboxylic acids is 1. The lowest BCUT2D eigenvalue weighted by molar-refractivity contribution is -0.123. The summed E-state index contributed by atoms with van der Waals surface area (Å²) in [5.74, 6) is -1.40. The van der Waals surface area contributed by atoms with E-state index in [0.29, 0.717) is 23.5 Å². The monoisotopic (exact) mass is 455 g/mol. The van der Waals surface area contributed by atoms with E-state index in [1.807, 2.05) is 6.92 Å². The van der Waals surface area contributed by atoms with Gasteiger partial charge in [0.25, 0.3) is 5.91 Å². The van der Waals surface area contributed by atoms with Crippen LogP contribution in [0.5, 0.6) is 0 Å². The highest BCUT2D eigenvalue weighted by atomic mass is 31.0. The van der Waals surface area contributed by atoms with Crippen LogP contribution < -0.4 is 4.90 Å². The molecule has 32 heavy (non-hydrogen) atoms. The number of anilines is 1. The first-order valence-electron chi connectivity index (χ1n) is 9.95. The minimum absolute atomic E-state index is 0.153. The Bertz CT molecular complexity index is 1130. The molecule has 1 aromatic heterocycles. The molecule has 3 rings (SSSR count). The number of hydrogen-bond acceptors (Lipinski definition) is 5. The van der Waals surface area contributed by atoms with Gasteiger partial charge in [0.15, 0.2) is 0 Å². The molecule has 1 aromatic carbocycles. The van der Waals surface area contributed by atoms with Gasteiger partial charge in [0.1, 0.15) is 5.54 Å². The van der Waals surface area contributed by atoms with Crippen molar-refractivity contribution in [2.45, 2.75) is 46.3 Å². The number of nitrogens with one attached hydrogen (secondary N) is 1. The lowest BCUT2D eigenvalue weighted by Crippen LogP contribution is -2.43. The largest absolute Gasteiger partial charge is 0.478 e. The van der Waals surface area contributed by atoms with Gasteiger partial charge in [0.05, 0.1) is 24.0 Å². The molecule has 2 aromatic rings. The predicted octanol–water partition coefficient (Wildman–Crippen LogP) is 3.52. The minimum atomic E-state index is -1.09. The molecular formula is C22H26N5O4P. The van der Waals surface area contributed by atoms with E-state index in [4.69, 9.17) is 10.5 Å². The Kier molecular flexibility index (Phi) is 6.32. The summed E-state index contributed by atoms with van der Waals surface area (Å²) in [4.78, 5) is 40.0. The lowest BCUT2D eigenvalue weighted by Gasteiger charge is -2.27. The number of rotatable bonds is 7. The topological polar surface area (TPSA) is 120 Å². The number of carboxylic acids is 1. The van der Waals surface area contributed by atoms with Crippen LogP contribution in [0.2, 0.25) is 0 Å². The zero-order valence-electron chi connectivity index (χ0n) is 18.4. The summed E-state index contributed by atoms with van der Waals surface area (Å²) in [6, 6.07) is 5.74. The zero-order valence-corrected chi connectivity index (χ0v) is 19.6. The number of benzene rings is 1. The van der Waals surface area contributed by atoms with E-state index >= 15 is 0 Å². The Labute approximate surface area is 188 Å². The molecule has 0 spiro atoms. The maximum Gasteiger partial charge on any atom is 0.335 e. The molecule has 1 fully saturated rings. The Hall–Kier alpha value is -3.32. The minimum Gasteiger partial charge on any atom is -0.478 e. The number of allylic oxidation sites excluding steroid dienone is 2. The van der Waals surface area contributed by atoms with E-state index in [1.165, 1.54) is 23.2 Å². The van der Waals surface area contributed by atoms with Crippen LogP contribution in [0.3, 0.4) is 0 Å². The van der Waals surface area contributed by atoms with Crippen molar-refractivity contribution in [3.8, 4) is 0 Å². The molecule has 3 amide bonds. The molecule has 0 radical (unpaired) electrons. The molecule has 0 saturated carbocycles. The van der Waals surface area contributed by atoms with Crippen LogP contribution >= 0.6 is 9.24 Å². The summed E-state index contributed by atoms with van der Waals surface area (Å²) in [7, 11) is 2.58. The fourth-order valence-electron chi connectivity index (χ4n) is 3.52. The third-order valence-corrected chi connectivity index (χ3v) is 5.84. The van der Waals surface area contributed by atoms with Gasteiger partial charge in [0.2, 0.25) is 0 Å². The summed E-state index contributed by atoms with van der Waals surface area (Å²) in [6.07, 6.45) is 3.08. The van der Waals surface area contributed by atoms with Crippen molar-refractivity contribution in [3.05, 3.63) is 58.7 Å². The van der Waals surface area contributed by atoms with Gasteiger partial charge in [-0.3, -0.25) is 9.48 Å². The van der Waals surface area contributed by atoms with Gasteiger partial charge in [-0.2, -0.15) is 5.10 Å². The molecular weight excluding hydrogens is 429 g/mol. The van der Waals surface area contributed by atoms with E-state index in [0.717, 1.165) is 15.8 Å². The average Bonchev–Trinajstić information content (AvgIpc) is 3.23. The quantitative estimate of drug-likeness (QED) is 0.376. The Morgan fingerprint density at radius 2 is 1.81 bits per heavy atom. The molecule has 0 bridgehead atoms. The van der Waals surface area contributed by atoms with Gasteiger partial charge in [-0.15, -0.1) is 9.24 Å². The smallest absolute Gasteiger partial charge is 0.335 e. The third kappa shape index (κ3) is 4.34. The maximum absolute atomic E-state index is 13.2. The molecule has 168 valence electrons. The number of nitrogens with zero attached hydrogens (tertiary/aromatic N) is 4. The molecule has 10 heteroatoms. The highest BCUT2D eigenvalue weighted by molar-refractivity contribution is 7.22. The molecule has 1 unspecified atom stereocenters. The van der Waals surface area contributed by atoms with Crippen molar-refractivity contribution in [3.63, 3.8) is 0 Å². The van der Waals surface area contributed by atoms with E-state index in [1.54, 1.807) is 43.8 Å². The van der Waals surface area contributed by atoms with E-state index in [-0.39, 0.29) is 18.0 Å². The van der Waals surface area contributed by atoms with Crippen LogP contribution in [0.15, 0.2) is 47.5 Å². The summed E-state index contributed by atoms with van der Waals surface area (Å²) in [5, 5.41) is 22.2. The fourth-order valence-corrected chi connectivity index (χ4v) is 3.83. The first-order valence-corrected chi connectivity index (χ1v) is 10.5. The Morgan fingerprint density at radius 1 is 1.19 bits per heavy atom. The summed E-state index contributed by atoms with van der Waals surface area (Å²) >= 11 is 0. The van der Waals surface area contributed by atoms with Crippen molar-refractivity contribution < 1.29 is 19.5 Å². The summed E-state index contributed by atoms with van der Waals surface area (Å²) in [6.45, 7) is 7.46. The normalized spacial score (nSPS) is 16.4. The molecule has 1 aliphatic heterocycles. The standard InChI is InChI=1S/C22H26N5O4P/c1-13(23)18(14(2)32)12-25-11-17(9-24-25)27-20(30)22(3,4)26(21(27)31)10-15-5-7-16(8-6-15)19(28)29/h5-9,11,23H,10,12,32H2,1-4H3,(H,28,29). The van der Waals surface area contributed by atoms with Gasteiger partial charge < -0.3 is 15.4 Å². The second-order valence-corrected chi connectivity index (χ2v) is 9.12. The number of amides is 3. The van der Waals surface area contributed by atoms with Gasteiger partial charge >= 0.3 is 12.0 Å². The Morgan fingerprint density at radius 3 is 2.34 bits per heavy atom. The van der Waals surface area contributed by atoms with E-state index in [2.05, 4.69) is 14.3 Å². The number of carboxylic acid groups (broad SMARTS) is 1. The zero-order chi connectivity index (χ0) is 23.8. The number of carbonyl (C=O) groups excluding carboxylic acids is 2. The van der Waals surface area contributed by atoms with Crippen LogP contribution in [0, 0.1) is 5.41 Å². The number of hydrogen-bond donors (Lipinski definition) is 2. The number of carbonyl (C=O) groups is 3. The van der Waals surface area contributed by atoms with Crippen LogP contribution in [-0.2, 0) is 17.9 Å². The average molecular weight is 455 g/mol. The van der Waals surface area contributed by atoms with Crippen molar-refractivity contribution in [1.82, 2.24) is 14.7 Å². The highest BCUT2D eigenvalue weighted by Gasteiger charge is 2.52. The van der Waals surface area contributed by atoms with Gasteiger partial charge in [-0.25, -0.2) is 14.5 Å². The van der Waals surface area contributed by atoms with Gasteiger partial charge in [-0.1, -0.05) is 12.1 Å². The first kappa shape index (κ1) is 23.3. The lowest BCUT2D eigenvalue weighted by atomic mass is 10.0. The highest BCUT2D eigenvalue weighted by Crippen LogP contribution is 2.33. The Balaban J connectivity index is 1.85. The predicted molar refractivity (Wildman–Crippen MR) is 124 cm³/mol. The van der Waals surface area contributed by atoms with Crippen LogP contribution in [0.4, 0.5) is 10.5 Å². The number of imide groups is 1. The molecule has 1 saturated heterocycles. The van der Waals surface area contributed by atoms with E-state index < -0.39 is 17.5 Å². The molecule has 2 N–H and O–H groups in total.